The molecule has 238 valence electrons. The maximum atomic E-state index is 2.46. The van der Waals surface area contributed by atoms with Crippen molar-refractivity contribution in [1.29, 1.82) is 0 Å². The molecule has 0 bridgehead atoms. The van der Waals surface area contributed by atoms with Crippen molar-refractivity contribution in [3.63, 3.8) is 0 Å². The Kier molecular flexibility index (Phi) is 12.5. The minimum atomic E-state index is 1.15. The highest BCUT2D eigenvalue weighted by atomic mass is 14.2. The quantitative estimate of drug-likeness (QED) is 0.105. The average molecular weight is 607 g/mol. The molecule has 0 aromatic heterocycles. The second kappa shape index (κ2) is 17.1. The number of unbranched alkanes of at least 4 members (excludes halogenated alkanes) is 4. The first kappa shape index (κ1) is 33.5. The van der Waals surface area contributed by atoms with Crippen molar-refractivity contribution in [2.45, 2.75) is 105 Å². The van der Waals surface area contributed by atoms with Crippen LogP contribution in [0, 0.1) is 0 Å². The molecule has 0 heteroatoms. The molecule has 5 aromatic carbocycles. The highest BCUT2D eigenvalue weighted by molar-refractivity contribution is 5.96. The van der Waals surface area contributed by atoms with Crippen molar-refractivity contribution in [3.8, 4) is 44.5 Å². The van der Waals surface area contributed by atoms with Crippen LogP contribution in [0.1, 0.15) is 101 Å². The molecule has 5 rings (SSSR count). The predicted molar refractivity (Wildman–Crippen MR) is 203 cm³/mol. The SMILES string of the molecule is CCCCc1cc(CCCC)cc(-c2ccccc2-c2ccccc2-c2ccccc2-c2cc(CCCC)cc(CCCC)c2)c1. The van der Waals surface area contributed by atoms with Gasteiger partial charge in [-0.2, -0.15) is 0 Å². The molecule has 0 radical (unpaired) electrons. The lowest BCUT2D eigenvalue weighted by atomic mass is 9.85. The molecular weight excluding hydrogens is 553 g/mol. The van der Waals surface area contributed by atoms with Gasteiger partial charge in [0, 0.05) is 0 Å². The topological polar surface area (TPSA) is 0 Å². The Hall–Kier alpha value is -3.90. The van der Waals surface area contributed by atoms with E-state index in [1.807, 2.05) is 0 Å². The molecule has 0 nitrogen and oxygen atoms in total. The second-order valence-electron chi connectivity index (χ2n) is 13.1. The maximum Gasteiger partial charge on any atom is -0.00990 e. The first-order valence-corrected chi connectivity index (χ1v) is 18.2. The summed E-state index contributed by atoms with van der Waals surface area (Å²) in [5.74, 6) is 0. The Balaban J connectivity index is 1.63. The first-order valence-electron chi connectivity index (χ1n) is 18.2. The molecular formula is C46H54. The largest absolute Gasteiger partial charge is 0.0654 e. The van der Waals surface area contributed by atoms with E-state index in [0.29, 0.717) is 0 Å². The van der Waals surface area contributed by atoms with E-state index in [-0.39, 0.29) is 0 Å². The summed E-state index contributed by atoms with van der Waals surface area (Å²) in [4.78, 5) is 0. The van der Waals surface area contributed by atoms with Crippen LogP contribution in [-0.4, -0.2) is 0 Å². The molecule has 0 aliphatic rings. The molecule has 0 fully saturated rings. The van der Waals surface area contributed by atoms with Gasteiger partial charge in [0.05, 0.1) is 0 Å². The van der Waals surface area contributed by atoms with Crippen molar-refractivity contribution < 1.29 is 0 Å². The fraction of sp³-hybridized carbons (Fsp3) is 0.348. The van der Waals surface area contributed by atoms with Crippen molar-refractivity contribution in [2.75, 3.05) is 0 Å². The van der Waals surface area contributed by atoms with E-state index in [0.717, 1.165) is 25.7 Å². The maximum absolute atomic E-state index is 2.46. The normalized spacial score (nSPS) is 11.2. The van der Waals surface area contributed by atoms with Crippen LogP contribution in [0.3, 0.4) is 0 Å². The van der Waals surface area contributed by atoms with Crippen LogP contribution in [0.5, 0.6) is 0 Å². The van der Waals surface area contributed by atoms with Crippen LogP contribution in [0.2, 0.25) is 0 Å². The summed E-state index contributed by atoms with van der Waals surface area (Å²) in [5.41, 5.74) is 16.5. The van der Waals surface area contributed by atoms with E-state index in [2.05, 4.69) is 137 Å². The highest BCUT2D eigenvalue weighted by Gasteiger charge is 2.16. The first-order chi connectivity index (χ1) is 22.6. The molecule has 0 unspecified atom stereocenters. The van der Waals surface area contributed by atoms with Gasteiger partial charge >= 0.3 is 0 Å². The Morgan fingerprint density at radius 2 is 0.543 bits per heavy atom. The molecule has 0 aliphatic carbocycles. The fourth-order valence-electron chi connectivity index (χ4n) is 6.83. The Morgan fingerprint density at radius 3 is 0.804 bits per heavy atom. The van der Waals surface area contributed by atoms with Gasteiger partial charge in [-0.05, 0) is 118 Å². The van der Waals surface area contributed by atoms with Gasteiger partial charge in [0.25, 0.3) is 0 Å². The Morgan fingerprint density at radius 1 is 0.304 bits per heavy atom. The zero-order valence-electron chi connectivity index (χ0n) is 28.9. The minimum absolute atomic E-state index is 1.15. The molecule has 5 aromatic rings. The van der Waals surface area contributed by atoms with Gasteiger partial charge in [0.2, 0.25) is 0 Å². The molecule has 0 heterocycles. The Bertz CT molecular complexity index is 1510. The average Bonchev–Trinajstić information content (AvgIpc) is 3.11. The molecule has 0 saturated carbocycles. The standard InChI is InChI=1S/C46H54/c1-5-9-19-35-29-36(20-10-6-2)32-39(31-35)41-23-13-15-25-43(41)45-27-17-18-28-46(45)44-26-16-14-24-42(44)40-33-37(21-11-7-3)30-38(34-40)22-12-8-4/h13-18,23-34H,5-12,19-22H2,1-4H3. The third-order valence-electron chi connectivity index (χ3n) is 9.36. The van der Waals surface area contributed by atoms with Crippen molar-refractivity contribution in [1.82, 2.24) is 0 Å². The number of hydrogen-bond donors (Lipinski definition) is 0. The van der Waals surface area contributed by atoms with E-state index in [1.165, 1.54) is 118 Å². The van der Waals surface area contributed by atoms with Crippen LogP contribution in [0.25, 0.3) is 44.5 Å². The predicted octanol–water partition coefficient (Wildman–Crippen LogP) is 13.7. The summed E-state index contributed by atoms with van der Waals surface area (Å²) in [6.45, 7) is 9.16. The van der Waals surface area contributed by atoms with Crippen molar-refractivity contribution >= 4 is 0 Å². The molecule has 0 saturated heterocycles. The van der Waals surface area contributed by atoms with Crippen LogP contribution < -0.4 is 0 Å². The number of rotatable bonds is 16. The summed E-state index contributed by atoms with van der Waals surface area (Å²) in [6.07, 6.45) is 14.4. The van der Waals surface area contributed by atoms with E-state index in [1.54, 1.807) is 0 Å². The van der Waals surface area contributed by atoms with E-state index < -0.39 is 0 Å². The zero-order valence-corrected chi connectivity index (χ0v) is 28.9. The Labute approximate surface area is 279 Å². The van der Waals surface area contributed by atoms with Crippen LogP contribution in [-0.2, 0) is 25.7 Å². The van der Waals surface area contributed by atoms with Gasteiger partial charge in [-0.25, -0.2) is 0 Å². The minimum Gasteiger partial charge on any atom is -0.0654 e. The van der Waals surface area contributed by atoms with Gasteiger partial charge in [-0.1, -0.05) is 163 Å². The van der Waals surface area contributed by atoms with Crippen LogP contribution in [0.4, 0.5) is 0 Å². The molecule has 0 spiro atoms. The van der Waals surface area contributed by atoms with E-state index in [9.17, 15) is 0 Å². The van der Waals surface area contributed by atoms with Crippen molar-refractivity contribution in [2.24, 2.45) is 0 Å². The van der Waals surface area contributed by atoms with Crippen LogP contribution in [0.15, 0.2) is 109 Å². The van der Waals surface area contributed by atoms with Gasteiger partial charge in [-0.3, -0.25) is 0 Å². The van der Waals surface area contributed by atoms with Gasteiger partial charge < -0.3 is 0 Å². The smallest absolute Gasteiger partial charge is 0.00990 e. The lowest BCUT2D eigenvalue weighted by Crippen LogP contribution is -1.96. The van der Waals surface area contributed by atoms with Crippen LogP contribution >= 0.6 is 0 Å². The number of aryl methyl sites for hydroxylation is 4. The van der Waals surface area contributed by atoms with E-state index >= 15 is 0 Å². The monoisotopic (exact) mass is 606 g/mol. The summed E-state index contributed by atoms with van der Waals surface area (Å²) < 4.78 is 0. The number of benzene rings is 5. The summed E-state index contributed by atoms with van der Waals surface area (Å²) >= 11 is 0. The third kappa shape index (κ3) is 8.47. The van der Waals surface area contributed by atoms with Gasteiger partial charge in [0.1, 0.15) is 0 Å². The fourth-order valence-corrected chi connectivity index (χ4v) is 6.83. The number of hydrogen-bond acceptors (Lipinski definition) is 0. The van der Waals surface area contributed by atoms with Crippen molar-refractivity contribution in [3.05, 3.63) is 131 Å². The highest BCUT2D eigenvalue weighted by Crippen LogP contribution is 2.42. The summed E-state index contributed by atoms with van der Waals surface area (Å²) in [6, 6.07) is 42.0. The third-order valence-corrected chi connectivity index (χ3v) is 9.36. The molecule has 0 N–H and O–H groups in total. The molecule has 46 heavy (non-hydrogen) atoms. The zero-order chi connectivity index (χ0) is 32.1. The lowest BCUT2D eigenvalue weighted by Gasteiger charge is -2.19. The summed E-state index contributed by atoms with van der Waals surface area (Å²) in [5, 5.41) is 0. The summed E-state index contributed by atoms with van der Waals surface area (Å²) in [7, 11) is 0. The van der Waals surface area contributed by atoms with Gasteiger partial charge in [0.15, 0.2) is 0 Å². The second-order valence-corrected chi connectivity index (χ2v) is 13.1. The van der Waals surface area contributed by atoms with E-state index in [4.69, 9.17) is 0 Å². The van der Waals surface area contributed by atoms with Gasteiger partial charge in [-0.15, -0.1) is 0 Å². The lowest BCUT2D eigenvalue weighted by molar-refractivity contribution is 0.781. The molecule has 0 atom stereocenters. The molecule has 0 aliphatic heterocycles. The molecule has 0 amide bonds.